The predicted octanol–water partition coefficient (Wildman–Crippen LogP) is 1.91. The van der Waals surface area contributed by atoms with Gasteiger partial charge in [0.2, 0.25) is 16.0 Å². The maximum Gasteiger partial charge on any atom is 0.243 e. The second kappa shape index (κ2) is 6.49. The highest BCUT2D eigenvalue weighted by Gasteiger charge is 2.30. The number of hydrogen-bond acceptors (Lipinski definition) is 5. The molecule has 2 heterocycles. The Balaban J connectivity index is 1.77. The first-order valence-electron chi connectivity index (χ1n) is 8.00. The molecule has 0 atom stereocenters. The molecule has 24 heavy (non-hydrogen) atoms. The highest BCUT2D eigenvalue weighted by Crippen LogP contribution is 2.23. The van der Waals surface area contributed by atoms with Crippen molar-refractivity contribution in [2.75, 3.05) is 31.1 Å². The van der Waals surface area contributed by atoms with Gasteiger partial charge in [0, 0.05) is 38.1 Å². The Morgan fingerprint density at radius 1 is 1.00 bits per heavy atom. The van der Waals surface area contributed by atoms with E-state index in [4.69, 9.17) is 0 Å². The monoisotopic (exact) mass is 346 g/mol. The molecule has 2 aromatic rings. The molecule has 0 N–H and O–H groups in total. The molecule has 0 aliphatic carbocycles. The molecular weight excluding hydrogens is 324 g/mol. The van der Waals surface area contributed by atoms with Gasteiger partial charge in [-0.1, -0.05) is 12.1 Å². The zero-order valence-electron chi connectivity index (χ0n) is 14.2. The molecule has 6 nitrogen and oxygen atoms in total. The van der Waals surface area contributed by atoms with Crippen LogP contribution in [0.1, 0.15) is 16.8 Å². The van der Waals surface area contributed by atoms with Gasteiger partial charge in [-0.2, -0.15) is 4.31 Å². The molecule has 1 aromatic carbocycles. The fourth-order valence-corrected chi connectivity index (χ4v) is 4.57. The summed E-state index contributed by atoms with van der Waals surface area (Å²) in [6, 6.07) is 7.39. The summed E-state index contributed by atoms with van der Waals surface area (Å²) < 4.78 is 27.4. The lowest BCUT2D eigenvalue weighted by molar-refractivity contribution is 0.382. The second-order valence-corrected chi connectivity index (χ2v) is 8.06. The first-order valence-corrected chi connectivity index (χ1v) is 9.44. The quantitative estimate of drug-likeness (QED) is 0.849. The van der Waals surface area contributed by atoms with E-state index in [0.29, 0.717) is 37.0 Å². The maximum absolute atomic E-state index is 12.9. The molecule has 0 saturated carbocycles. The lowest BCUT2D eigenvalue weighted by atomic mass is 10.2. The summed E-state index contributed by atoms with van der Waals surface area (Å²) in [5.74, 6) is 0.666. The molecule has 0 unspecified atom stereocenters. The van der Waals surface area contributed by atoms with Crippen LogP contribution in [0.4, 0.5) is 5.95 Å². The molecule has 1 aliphatic heterocycles. The number of benzene rings is 1. The Labute approximate surface area is 143 Å². The molecule has 1 aromatic heterocycles. The van der Waals surface area contributed by atoms with Gasteiger partial charge in [0.15, 0.2) is 0 Å². The minimum Gasteiger partial charge on any atom is -0.338 e. The standard InChI is InChI=1S/C17H22N4O2S/c1-13-4-5-14(2)16(12-13)24(22,23)21-10-8-20(9-11-21)17-18-7-6-15(3)19-17/h4-7,12H,8-11H2,1-3H3. The Morgan fingerprint density at radius 2 is 1.71 bits per heavy atom. The van der Waals surface area contributed by atoms with Crippen LogP contribution in [-0.2, 0) is 10.0 Å². The van der Waals surface area contributed by atoms with Crippen molar-refractivity contribution < 1.29 is 8.42 Å². The van der Waals surface area contributed by atoms with Crippen molar-refractivity contribution in [1.82, 2.24) is 14.3 Å². The number of rotatable bonds is 3. The molecule has 3 rings (SSSR count). The molecule has 7 heteroatoms. The van der Waals surface area contributed by atoms with Gasteiger partial charge < -0.3 is 4.90 Å². The van der Waals surface area contributed by atoms with Gasteiger partial charge >= 0.3 is 0 Å². The van der Waals surface area contributed by atoms with Crippen molar-refractivity contribution in [2.45, 2.75) is 25.7 Å². The van der Waals surface area contributed by atoms with Crippen LogP contribution < -0.4 is 4.90 Å². The summed E-state index contributed by atoms with van der Waals surface area (Å²) in [4.78, 5) is 11.1. The van der Waals surface area contributed by atoms with Crippen molar-refractivity contribution in [2.24, 2.45) is 0 Å². The van der Waals surface area contributed by atoms with E-state index in [0.717, 1.165) is 16.8 Å². The van der Waals surface area contributed by atoms with E-state index in [1.165, 1.54) is 0 Å². The summed E-state index contributed by atoms with van der Waals surface area (Å²) in [6.07, 6.45) is 1.73. The summed E-state index contributed by atoms with van der Waals surface area (Å²) >= 11 is 0. The Kier molecular flexibility index (Phi) is 4.56. The van der Waals surface area contributed by atoms with Crippen molar-refractivity contribution >= 4 is 16.0 Å². The van der Waals surface area contributed by atoms with Crippen molar-refractivity contribution in [3.05, 3.63) is 47.3 Å². The second-order valence-electron chi connectivity index (χ2n) is 6.16. The largest absolute Gasteiger partial charge is 0.338 e. The average molecular weight is 346 g/mol. The average Bonchev–Trinajstić information content (AvgIpc) is 2.57. The fourth-order valence-electron chi connectivity index (χ4n) is 2.84. The Hall–Kier alpha value is -1.99. The fraction of sp³-hybridized carbons (Fsp3) is 0.412. The molecule has 1 aliphatic rings. The van der Waals surface area contributed by atoms with Crippen LogP contribution in [-0.4, -0.2) is 48.9 Å². The van der Waals surface area contributed by atoms with Gasteiger partial charge in [0.1, 0.15) is 0 Å². The van der Waals surface area contributed by atoms with Crippen LogP contribution in [0.2, 0.25) is 0 Å². The van der Waals surface area contributed by atoms with Gasteiger partial charge in [-0.25, -0.2) is 18.4 Å². The molecule has 0 radical (unpaired) electrons. The van der Waals surface area contributed by atoms with Crippen molar-refractivity contribution in [3.8, 4) is 0 Å². The smallest absolute Gasteiger partial charge is 0.243 e. The first-order chi connectivity index (χ1) is 11.4. The number of anilines is 1. The third kappa shape index (κ3) is 3.27. The third-order valence-corrected chi connectivity index (χ3v) is 6.31. The van der Waals surface area contributed by atoms with Gasteiger partial charge in [0.05, 0.1) is 4.90 Å². The predicted molar refractivity (Wildman–Crippen MR) is 93.7 cm³/mol. The minimum absolute atomic E-state index is 0.405. The van der Waals surface area contributed by atoms with Crippen LogP contribution in [0.25, 0.3) is 0 Å². The normalized spacial score (nSPS) is 16.4. The highest BCUT2D eigenvalue weighted by atomic mass is 32.2. The summed E-state index contributed by atoms with van der Waals surface area (Å²) in [7, 11) is -3.46. The van der Waals surface area contributed by atoms with Crippen molar-refractivity contribution in [1.29, 1.82) is 0 Å². The molecule has 0 spiro atoms. The van der Waals surface area contributed by atoms with E-state index in [1.807, 2.05) is 43.9 Å². The summed E-state index contributed by atoms with van der Waals surface area (Å²) in [5.41, 5.74) is 2.64. The van der Waals surface area contributed by atoms with E-state index < -0.39 is 10.0 Å². The number of aromatic nitrogens is 2. The lowest BCUT2D eigenvalue weighted by Gasteiger charge is -2.34. The summed E-state index contributed by atoms with van der Waals surface area (Å²) in [5, 5.41) is 0. The Morgan fingerprint density at radius 3 is 2.38 bits per heavy atom. The van der Waals surface area contributed by atoms with E-state index in [9.17, 15) is 8.42 Å². The lowest BCUT2D eigenvalue weighted by Crippen LogP contribution is -2.49. The minimum atomic E-state index is -3.46. The number of nitrogens with zero attached hydrogens (tertiary/aromatic N) is 4. The molecule has 1 fully saturated rings. The topological polar surface area (TPSA) is 66.4 Å². The summed E-state index contributed by atoms with van der Waals surface area (Å²) in [6.45, 7) is 7.72. The first kappa shape index (κ1) is 16.9. The molecular formula is C17H22N4O2S. The van der Waals surface area contributed by atoms with Gasteiger partial charge in [0.25, 0.3) is 0 Å². The van der Waals surface area contributed by atoms with Crippen LogP contribution in [0.5, 0.6) is 0 Å². The van der Waals surface area contributed by atoms with Crippen molar-refractivity contribution in [3.63, 3.8) is 0 Å². The van der Waals surface area contributed by atoms with E-state index in [1.54, 1.807) is 16.6 Å². The SMILES string of the molecule is Cc1ccc(C)c(S(=O)(=O)N2CCN(c3nccc(C)n3)CC2)c1. The van der Waals surface area contributed by atoms with Crippen LogP contribution in [0.3, 0.4) is 0 Å². The molecule has 0 amide bonds. The number of piperazine rings is 1. The zero-order chi connectivity index (χ0) is 17.3. The molecule has 128 valence electrons. The number of hydrogen-bond donors (Lipinski definition) is 0. The van der Waals surface area contributed by atoms with Gasteiger partial charge in [-0.15, -0.1) is 0 Å². The number of aryl methyl sites for hydroxylation is 3. The van der Waals surface area contributed by atoms with E-state index in [2.05, 4.69) is 9.97 Å². The van der Waals surface area contributed by atoms with Gasteiger partial charge in [-0.05, 0) is 44.0 Å². The Bertz CT molecular complexity index is 843. The van der Waals surface area contributed by atoms with E-state index >= 15 is 0 Å². The number of sulfonamides is 1. The third-order valence-electron chi connectivity index (χ3n) is 4.27. The highest BCUT2D eigenvalue weighted by molar-refractivity contribution is 7.89. The van der Waals surface area contributed by atoms with Crippen LogP contribution in [0, 0.1) is 20.8 Å². The van der Waals surface area contributed by atoms with E-state index in [-0.39, 0.29) is 0 Å². The molecule has 1 saturated heterocycles. The van der Waals surface area contributed by atoms with Crippen LogP contribution >= 0.6 is 0 Å². The van der Waals surface area contributed by atoms with Crippen LogP contribution in [0.15, 0.2) is 35.4 Å². The molecule has 0 bridgehead atoms. The maximum atomic E-state index is 12.9. The van der Waals surface area contributed by atoms with Gasteiger partial charge in [-0.3, -0.25) is 0 Å². The zero-order valence-corrected chi connectivity index (χ0v) is 15.0.